The van der Waals surface area contributed by atoms with Gasteiger partial charge in [-0.25, -0.2) is 4.79 Å². The third-order valence-corrected chi connectivity index (χ3v) is 6.79. The van der Waals surface area contributed by atoms with Crippen molar-refractivity contribution < 1.29 is 29.3 Å². The largest absolute Gasteiger partial charge is 0.444 e. The molecule has 2 aliphatic carbocycles. The van der Waals surface area contributed by atoms with E-state index in [9.17, 15) is 24.6 Å². The Bertz CT molecular complexity index is 881. The summed E-state index contributed by atoms with van der Waals surface area (Å²) in [4.78, 5) is 38.2. The number of rotatable bonds is 10. The van der Waals surface area contributed by atoms with Gasteiger partial charge in [-0.15, -0.1) is 0 Å². The van der Waals surface area contributed by atoms with E-state index in [-0.39, 0.29) is 30.2 Å². The van der Waals surface area contributed by atoms with E-state index in [0.717, 1.165) is 31.2 Å². The van der Waals surface area contributed by atoms with Crippen molar-refractivity contribution in [1.29, 1.82) is 0 Å². The first kappa shape index (κ1) is 27.9. The first-order valence-electron chi connectivity index (χ1n) is 13.0. The Kier molecular flexibility index (Phi) is 9.73. The van der Waals surface area contributed by atoms with Gasteiger partial charge in [0.25, 0.3) is 0 Å². The molecule has 0 radical (unpaired) electrons. The van der Waals surface area contributed by atoms with E-state index in [1.807, 2.05) is 30.3 Å². The lowest BCUT2D eigenvalue weighted by atomic mass is 9.95. The van der Waals surface area contributed by atoms with Gasteiger partial charge in [0.05, 0.1) is 18.8 Å². The first-order valence-corrected chi connectivity index (χ1v) is 13.0. The predicted octanol–water partition coefficient (Wildman–Crippen LogP) is 2.05. The summed E-state index contributed by atoms with van der Waals surface area (Å²) in [7, 11) is 0. The van der Waals surface area contributed by atoms with Crippen LogP contribution in [-0.4, -0.2) is 64.6 Å². The van der Waals surface area contributed by atoms with Crippen LogP contribution in [0.25, 0.3) is 0 Å². The lowest BCUT2D eigenvalue weighted by Crippen LogP contribution is -2.55. The zero-order chi connectivity index (χ0) is 26.3. The number of carbonyl (C=O) groups excluding carboxylic acids is 3. The lowest BCUT2D eigenvalue weighted by molar-refractivity contribution is -0.125. The molecule has 9 nitrogen and oxygen atoms in total. The number of aliphatic hydroxyl groups excluding tert-OH is 2. The van der Waals surface area contributed by atoms with Crippen molar-refractivity contribution in [3.63, 3.8) is 0 Å². The Hall–Kier alpha value is -2.65. The number of amides is 3. The van der Waals surface area contributed by atoms with Crippen LogP contribution in [-0.2, 0) is 20.7 Å². The van der Waals surface area contributed by atoms with Crippen molar-refractivity contribution in [3.8, 4) is 0 Å². The van der Waals surface area contributed by atoms with Gasteiger partial charge in [-0.2, -0.15) is 0 Å². The second-order valence-electron chi connectivity index (χ2n) is 11.0. The average molecular weight is 504 g/mol. The summed E-state index contributed by atoms with van der Waals surface area (Å²) < 4.78 is 5.31. The molecule has 9 heteroatoms. The van der Waals surface area contributed by atoms with Gasteiger partial charge >= 0.3 is 6.09 Å². The minimum atomic E-state index is -1.08. The molecule has 0 spiro atoms. The molecule has 200 valence electrons. The van der Waals surface area contributed by atoms with E-state index in [2.05, 4.69) is 16.0 Å². The molecule has 1 aromatic carbocycles. The molecule has 5 N–H and O–H groups in total. The molecule has 0 aliphatic heterocycles. The number of hydrogen-bond acceptors (Lipinski definition) is 6. The molecule has 5 atom stereocenters. The van der Waals surface area contributed by atoms with E-state index in [0.29, 0.717) is 6.42 Å². The number of ether oxygens (including phenoxy) is 1. The quantitative estimate of drug-likeness (QED) is 0.331. The van der Waals surface area contributed by atoms with Crippen molar-refractivity contribution in [1.82, 2.24) is 16.0 Å². The summed E-state index contributed by atoms with van der Waals surface area (Å²) in [6.07, 6.45) is 4.28. The van der Waals surface area contributed by atoms with E-state index in [1.165, 1.54) is 6.42 Å². The normalized spacial score (nSPS) is 22.6. The van der Waals surface area contributed by atoms with Crippen LogP contribution in [0.4, 0.5) is 4.79 Å². The van der Waals surface area contributed by atoms with Crippen molar-refractivity contribution in [3.05, 3.63) is 35.9 Å². The second-order valence-corrected chi connectivity index (χ2v) is 11.0. The molecule has 1 aromatic rings. The topological polar surface area (TPSA) is 137 Å². The summed E-state index contributed by atoms with van der Waals surface area (Å²) in [6, 6.07) is 7.46. The molecular weight excluding hydrogens is 462 g/mol. The Morgan fingerprint density at radius 3 is 2.33 bits per heavy atom. The fourth-order valence-electron chi connectivity index (χ4n) is 4.78. The van der Waals surface area contributed by atoms with Crippen LogP contribution in [0, 0.1) is 11.8 Å². The van der Waals surface area contributed by atoms with Gasteiger partial charge in [-0.1, -0.05) is 49.6 Å². The molecule has 2 aliphatic rings. The van der Waals surface area contributed by atoms with Gasteiger partial charge < -0.3 is 30.9 Å². The van der Waals surface area contributed by atoms with Gasteiger partial charge in [0, 0.05) is 18.4 Å². The van der Waals surface area contributed by atoms with Crippen molar-refractivity contribution in [2.24, 2.45) is 11.8 Å². The predicted molar refractivity (Wildman–Crippen MR) is 135 cm³/mol. The van der Waals surface area contributed by atoms with Gasteiger partial charge in [-0.05, 0) is 51.5 Å². The van der Waals surface area contributed by atoms with Crippen molar-refractivity contribution in [2.45, 2.75) is 95.5 Å². The van der Waals surface area contributed by atoms with Crippen molar-refractivity contribution >= 4 is 17.9 Å². The zero-order valence-electron chi connectivity index (χ0n) is 21.5. The third kappa shape index (κ3) is 8.48. The van der Waals surface area contributed by atoms with Crippen LogP contribution >= 0.6 is 0 Å². The van der Waals surface area contributed by atoms with Crippen molar-refractivity contribution in [2.75, 3.05) is 6.61 Å². The summed E-state index contributed by atoms with van der Waals surface area (Å²) in [6.45, 7) is 4.69. The summed E-state index contributed by atoms with van der Waals surface area (Å²) in [5.41, 5.74) is 0.0948. The number of benzene rings is 1. The fourth-order valence-corrected chi connectivity index (χ4v) is 4.78. The molecule has 0 heterocycles. The van der Waals surface area contributed by atoms with Crippen LogP contribution in [0.5, 0.6) is 0 Å². The fraction of sp³-hybridized carbons (Fsp3) is 0.667. The first-order chi connectivity index (χ1) is 17.1. The van der Waals surface area contributed by atoms with E-state index in [1.54, 1.807) is 20.8 Å². The van der Waals surface area contributed by atoms with Gasteiger partial charge in [0.2, 0.25) is 11.8 Å². The van der Waals surface area contributed by atoms with Gasteiger partial charge in [-0.3, -0.25) is 9.59 Å². The maximum absolute atomic E-state index is 13.2. The zero-order valence-corrected chi connectivity index (χ0v) is 21.5. The molecule has 3 amide bonds. The Morgan fingerprint density at radius 2 is 1.72 bits per heavy atom. The summed E-state index contributed by atoms with van der Waals surface area (Å²) in [5, 5.41) is 29.2. The molecule has 5 unspecified atom stereocenters. The number of aliphatic hydroxyl groups is 2. The number of nitrogens with one attached hydrogen (secondary N) is 3. The molecule has 0 saturated heterocycles. The highest BCUT2D eigenvalue weighted by Gasteiger charge is 2.50. The monoisotopic (exact) mass is 503 g/mol. The van der Waals surface area contributed by atoms with Crippen LogP contribution in [0.15, 0.2) is 30.3 Å². The minimum Gasteiger partial charge on any atom is -0.444 e. The maximum atomic E-state index is 13.2. The summed E-state index contributed by atoms with van der Waals surface area (Å²) in [5.74, 6) is -1.28. The molecule has 3 rings (SSSR count). The lowest BCUT2D eigenvalue weighted by Gasteiger charge is -2.27. The molecule has 36 heavy (non-hydrogen) atoms. The number of alkyl carbamates (subject to hydrolysis) is 1. The number of carbonyl (C=O) groups is 3. The SMILES string of the molecule is CC(C)(C)OC(=O)NC(Cc1ccccc1)C(=O)NC(CO)C(O)C1CC1C(=O)NC1CCCCC1. The maximum Gasteiger partial charge on any atom is 0.408 e. The molecule has 2 saturated carbocycles. The van der Waals surface area contributed by atoms with Crippen LogP contribution in [0.3, 0.4) is 0 Å². The second kappa shape index (κ2) is 12.5. The molecule has 0 bridgehead atoms. The molecule has 0 aromatic heterocycles. The molecule has 2 fully saturated rings. The average Bonchev–Trinajstić information content (AvgIpc) is 3.63. The Labute approximate surface area is 213 Å². The van der Waals surface area contributed by atoms with Gasteiger partial charge in [0.15, 0.2) is 0 Å². The summed E-state index contributed by atoms with van der Waals surface area (Å²) >= 11 is 0. The van der Waals surface area contributed by atoms with E-state index < -0.39 is 42.4 Å². The standard InChI is InChI=1S/C27H41N3O6/c1-27(2,3)36-26(35)30-21(14-17-10-6-4-7-11-17)25(34)29-22(16-31)23(32)19-15-20(19)24(33)28-18-12-8-5-9-13-18/h4,6-7,10-11,18-23,31-32H,5,8-9,12-16H2,1-3H3,(H,28,33)(H,29,34)(H,30,35). The highest BCUT2D eigenvalue weighted by Crippen LogP contribution is 2.42. The van der Waals surface area contributed by atoms with E-state index in [4.69, 9.17) is 4.74 Å². The molecular formula is C27H41N3O6. The Balaban J connectivity index is 1.59. The minimum absolute atomic E-state index is 0.0671. The van der Waals surface area contributed by atoms with Crippen LogP contribution in [0.2, 0.25) is 0 Å². The van der Waals surface area contributed by atoms with E-state index >= 15 is 0 Å². The number of hydrogen-bond donors (Lipinski definition) is 5. The highest BCUT2D eigenvalue weighted by molar-refractivity contribution is 5.86. The van der Waals surface area contributed by atoms with Crippen LogP contribution in [0.1, 0.15) is 64.9 Å². The van der Waals surface area contributed by atoms with Crippen LogP contribution < -0.4 is 16.0 Å². The smallest absolute Gasteiger partial charge is 0.408 e. The highest BCUT2D eigenvalue weighted by atomic mass is 16.6. The Morgan fingerprint density at radius 1 is 1.06 bits per heavy atom. The van der Waals surface area contributed by atoms with Gasteiger partial charge in [0.1, 0.15) is 11.6 Å². The third-order valence-electron chi connectivity index (χ3n) is 6.79.